The second-order valence-corrected chi connectivity index (χ2v) is 7.27. The summed E-state index contributed by atoms with van der Waals surface area (Å²) >= 11 is 3.57. The van der Waals surface area contributed by atoms with Crippen molar-refractivity contribution in [2.24, 2.45) is 0 Å². The van der Waals surface area contributed by atoms with Crippen molar-refractivity contribution in [2.75, 3.05) is 20.2 Å². The minimum Gasteiger partial charge on any atom is -0.496 e. The van der Waals surface area contributed by atoms with Crippen molar-refractivity contribution < 1.29 is 9.26 Å². The second-order valence-electron chi connectivity index (χ2n) is 6.36. The molecule has 3 aromatic rings. The molecule has 1 saturated heterocycles. The summed E-state index contributed by atoms with van der Waals surface area (Å²) in [5.41, 5.74) is 1.98. The van der Waals surface area contributed by atoms with Crippen LogP contribution in [-0.4, -0.2) is 35.2 Å². The van der Waals surface area contributed by atoms with E-state index in [0.717, 1.165) is 34.4 Å². The van der Waals surface area contributed by atoms with Crippen molar-refractivity contribution in [1.82, 2.24) is 15.0 Å². The predicted octanol–water partition coefficient (Wildman–Crippen LogP) is 4.69. The highest BCUT2D eigenvalue weighted by molar-refractivity contribution is 9.10. The topological polar surface area (TPSA) is 51.4 Å². The van der Waals surface area contributed by atoms with Gasteiger partial charge in [0.25, 0.3) is 0 Å². The van der Waals surface area contributed by atoms with E-state index in [0.29, 0.717) is 11.7 Å². The van der Waals surface area contributed by atoms with Crippen molar-refractivity contribution in [1.29, 1.82) is 0 Å². The summed E-state index contributed by atoms with van der Waals surface area (Å²) in [6.45, 7) is 2.06. The average molecular weight is 414 g/mol. The van der Waals surface area contributed by atoms with E-state index in [-0.39, 0.29) is 6.04 Å². The van der Waals surface area contributed by atoms with Crippen molar-refractivity contribution in [2.45, 2.75) is 18.9 Å². The molecule has 0 spiro atoms. The lowest BCUT2D eigenvalue weighted by Crippen LogP contribution is -2.26. The molecule has 1 aromatic heterocycles. The number of aromatic nitrogens is 2. The normalized spacial score (nSPS) is 15.9. The van der Waals surface area contributed by atoms with E-state index in [4.69, 9.17) is 14.2 Å². The smallest absolute Gasteiger partial charge is 0.248 e. The predicted molar refractivity (Wildman–Crippen MR) is 103 cm³/mol. The van der Waals surface area contributed by atoms with Gasteiger partial charge < -0.3 is 9.26 Å². The maximum absolute atomic E-state index is 5.71. The maximum atomic E-state index is 5.71. The number of benzene rings is 2. The minimum atomic E-state index is -0.0362. The number of hydrogen-bond donors (Lipinski definition) is 0. The molecule has 1 aliphatic rings. The van der Waals surface area contributed by atoms with E-state index >= 15 is 0 Å². The largest absolute Gasteiger partial charge is 0.496 e. The lowest BCUT2D eigenvalue weighted by Gasteiger charge is -2.24. The van der Waals surface area contributed by atoms with E-state index in [1.165, 1.54) is 12.8 Å². The van der Waals surface area contributed by atoms with Crippen molar-refractivity contribution >= 4 is 15.9 Å². The van der Waals surface area contributed by atoms with Crippen LogP contribution in [0.4, 0.5) is 0 Å². The maximum Gasteiger partial charge on any atom is 0.248 e. The third kappa shape index (κ3) is 3.39. The van der Waals surface area contributed by atoms with E-state index in [2.05, 4.69) is 38.1 Å². The Balaban J connectivity index is 1.74. The van der Waals surface area contributed by atoms with Gasteiger partial charge in [-0.05, 0) is 55.8 Å². The molecule has 0 saturated carbocycles. The molecule has 0 bridgehead atoms. The van der Waals surface area contributed by atoms with E-state index in [1.54, 1.807) is 7.11 Å². The molecule has 6 heteroatoms. The van der Waals surface area contributed by atoms with Gasteiger partial charge in [-0.25, -0.2) is 0 Å². The monoisotopic (exact) mass is 413 g/mol. The van der Waals surface area contributed by atoms with Crippen LogP contribution in [-0.2, 0) is 0 Å². The number of para-hydroxylation sites is 1. The Labute approximate surface area is 161 Å². The molecule has 0 aliphatic carbocycles. The molecule has 0 radical (unpaired) electrons. The first-order valence-electron chi connectivity index (χ1n) is 8.73. The van der Waals surface area contributed by atoms with Crippen LogP contribution in [0.3, 0.4) is 0 Å². The highest BCUT2D eigenvalue weighted by Gasteiger charge is 2.30. The molecule has 26 heavy (non-hydrogen) atoms. The first-order valence-corrected chi connectivity index (χ1v) is 9.52. The Bertz CT molecular complexity index is 890. The molecular formula is C20H20BrN3O2. The van der Waals surface area contributed by atoms with Gasteiger partial charge in [0.1, 0.15) is 11.8 Å². The molecule has 134 valence electrons. The van der Waals surface area contributed by atoms with Crippen LogP contribution >= 0.6 is 15.9 Å². The molecule has 0 N–H and O–H groups in total. The van der Waals surface area contributed by atoms with Crippen LogP contribution < -0.4 is 4.74 Å². The zero-order valence-corrected chi connectivity index (χ0v) is 16.1. The Morgan fingerprint density at radius 1 is 1.12 bits per heavy atom. The Hall–Kier alpha value is -2.18. The first-order chi connectivity index (χ1) is 12.8. The SMILES string of the molecule is COc1ccccc1-c1noc(C(c2cccc(Br)c2)N2CCCC2)n1. The Kier molecular flexibility index (Phi) is 5.04. The van der Waals surface area contributed by atoms with Gasteiger partial charge in [0.15, 0.2) is 0 Å². The fourth-order valence-corrected chi connectivity index (χ4v) is 3.89. The summed E-state index contributed by atoms with van der Waals surface area (Å²) in [7, 11) is 1.65. The first kappa shape index (κ1) is 17.2. The van der Waals surface area contributed by atoms with Gasteiger partial charge >= 0.3 is 0 Å². The number of hydrogen-bond acceptors (Lipinski definition) is 5. The summed E-state index contributed by atoms with van der Waals surface area (Å²) in [4.78, 5) is 7.13. The Morgan fingerprint density at radius 3 is 2.69 bits per heavy atom. The lowest BCUT2D eigenvalue weighted by molar-refractivity contribution is 0.225. The fraction of sp³-hybridized carbons (Fsp3) is 0.300. The van der Waals surface area contributed by atoms with Crippen molar-refractivity contribution in [3.8, 4) is 17.1 Å². The second kappa shape index (κ2) is 7.60. The molecule has 4 rings (SSSR count). The lowest BCUT2D eigenvalue weighted by atomic mass is 10.1. The molecule has 2 aromatic carbocycles. The molecule has 5 nitrogen and oxygen atoms in total. The van der Waals surface area contributed by atoms with Crippen LogP contribution in [0.15, 0.2) is 57.5 Å². The summed E-state index contributed by atoms with van der Waals surface area (Å²) in [5.74, 6) is 1.91. The number of rotatable bonds is 5. The number of methoxy groups -OCH3 is 1. The number of halogens is 1. The zero-order chi connectivity index (χ0) is 17.9. The molecule has 2 heterocycles. The number of nitrogens with zero attached hydrogens (tertiary/aromatic N) is 3. The summed E-state index contributed by atoms with van der Waals surface area (Å²) in [6, 6.07) is 16.0. The number of ether oxygens (including phenoxy) is 1. The highest BCUT2D eigenvalue weighted by atomic mass is 79.9. The van der Waals surface area contributed by atoms with Crippen LogP contribution in [0.2, 0.25) is 0 Å². The van der Waals surface area contributed by atoms with E-state index < -0.39 is 0 Å². The summed E-state index contributed by atoms with van der Waals surface area (Å²) < 4.78 is 12.2. The molecular weight excluding hydrogens is 394 g/mol. The quantitative estimate of drug-likeness (QED) is 0.606. The van der Waals surface area contributed by atoms with Crippen molar-refractivity contribution in [3.63, 3.8) is 0 Å². The van der Waals surface area contributed by atoms with E-state index in [1.807, 2.05) is 36.4 Å². The third-order valence-corrected chi connectivity index (χ3v) is 5.19. The molecule has 1 unspecified atom stereocenters. The minimum absolute atomic E-state index is 0.0362. The van der Waals surface area contributed by atoms with Gasteiger partial charge in [-0.1, -0.05) is 45.4 Å². The number of likely N-dealkylation sites (tertiary alicyclic amines) is 1. The molecule has 0 amide bonds. The third-order valence-electron chi connectivity index (χ3n) is 4.69. The fourth-order valence-electron chi connectivity index (χ4n) is 3.47. The van der Waals surface area contributed by atoms with Crippen LogP contribution in [0.5, 0.6) is 5.75 Å². The van der Waals surface area contributed by atoms with Gasteiger partial charge in [0.2, 0.25) is 11.7 Å². The highest BCUT2D eigenvalue weighted by Crippen LogP contribution is 2.34. The standard InChI is InChI=1S/C20H20BrN3O2/c1-25-17-10-3-2-9-16(17)19-22-20(26-23-19)18(24-11-4-5-12-24)14-7-6-8-15(21)13-14/h2-3,6-10,13,18H,4-5,11-12H2,1H3. The Morgan fingerprint density at radius 2 is 1.92 bits per heavy atom. The van der Waals surface area contributed by atoms with Crippen LogP contribution in [0, 0.1) is 0 Å². The van der Waals surface area contributed by atoms with Gasteiger partial charge in [0, 0.05) is 4.47 Å². The summed E-state index contributed by atoms with van der Waals surface area (Å²) in [5, 5.41) is 4.23. The van der Waals surface area contributed by atoms with Gasteiger partial charge in [-0.2, -0.15) is 4.98 Å². The zero-order valence-electron chi connectivity index (χ0n) is 14.6. The summed E-state index contributed by atoms with van der Waals surface area (Å²) in [6.07, 6.45) is 2.38. The van der Waals surface area contributed by atoms with Crippen LogP contribution in [0.1, 0.15) is 30.3 Å². The van der Waals surface area contributed by atoms with Crippen molar-refractivity contribution in [3.05, 3.63) is 64.5 Å². The van der Waals surface area contributed by atoms with Crippen LogP contribution in [0.25, 0.3) is 11.4 Å². The average Bonchev–Trinajstić information content (AvgIpc) is 3.35. The molecule has 1 atom stereocenters. The molecule has 1 fully saturated rings. The van der Waals surface area contributed by atoms with E-state index in [9.17, 15) is 0 Å². The molecule has 1 aliphatic heterocycles. The van der Waals surface area contributed by atoms with Gasteiger partial charge in [-0.15, -0.1) is 0 Å². The van der Waals surface area contributed by atoms with Gasteiger partial charge in [0.05, 0.1) is 12.7 Å². The van der Waals surface area contributed by atoms with Gasteiger partial charge in [-0.3, -0.25) is 4.90 Å².